The van der Waals surface area contributed by atoms with Crippen LogP contribution in [0.2, 0.25) is 0 Å². The molecular formula is C17H21NO4. The SMILES string of the molecule is Cc1ccc(C(=O)N2C(C(=O)O)CC3CCCCC32)c(O)c1. The number of phenolic OH excluding ortho intramolecular Hbond substituents is 1. The smallest absolute Gasteiger partial charge is 0.326 e. The number of phenols is 1. The molecule has 2 fully saturated rings. The van der Waals surface area contributed by atoms with E-state index in [1.807, 2.05) is 6.92 Å². The van der Waals surface area contributed by atoms with Crippen LogP contribution in [0.1, 0.15) is 48.0 Å². The standard InChI is InChI=1S/C17H21NO4/c1-10-6-7-12(15(19)8-10)16(20)18-13-5-3-2-4-11(13)9-14(18)17(21)22/h6-8,11,13-14,19H,2-5,9H2,1H3,(H,21,22). The van der Waals surface area contributed by atoms with E-state index in [4.69, 9.17) is 0 Å². The summed E-state index contributed by atoms with van der Waals surface area (Å²) in [5, 5.41) is 19.5. The minimum atomic E-state index is -0.950. The zero-order chi connectivity index (χ0) is 15.9. The van der Waals surface area contributed by atoms with Crippen molar-refractivity contribution in [3.63, 3.8) is 0 Å². The quantitative estimate of drug-likeness (QED) is 0.880. The molecule has 5 nitrogen and oxygen atoms in total. The Kier molecular flexibility index (Phi) is 3.81. The summed E-state index contributed by atoms with van der Waals surface area (Å²) in [6, 6.07) is 4.10. The number of benzene rings is 1. The lowest BCUT2D eigenvalue weighted by atomic mass is 9.84. The predicted molar refractivity (Wildman–Crippen MR) is 80.8 cm³/mol. The van der Waals surface area contributed by atoms with E-state index in [0.29, 0.717) is 6.42 Å². The zero-order valence-corrected chi connectivity index (χ0v) is 12.7. The molecule has 1 aliphatic heterocycles. The Hall–Kier alpha value is -2.04. The monoisotopic (exact) mass is 303 g/mol. The average molecular weight is 303 g/mol. The van der Waals surface area contributed by atoms with E-state index in [1.54, 1.807) is 12.1 Å². The number of hydrogen-bond acceptors (Lipinski definition) is 3. The molecule has 2 N–H and O–H groups in total. The number of nitrogens with zero attached hydrogens (tertiary/aromatic N) is 1. The minimum Gasteiger partial charge on any atom is -0.507 e. The number of carboxylic acid groups (broad SMARTS) is 1. The molecule has 1 amide bonds. The maximum atomic E-state index is 12.9. The third-order valence-corrected chi connectivity index (χ3v) is 4.99. The lowest BCUT2D eigenvalue weighted by molar-refractivity contribution is -0.141. The number of carbonyl (C=O) groups excluding carboxylic acids is 1. The van der Waals surface area contributed by atoms with Gasteiger partial charge in [-0.15, -0.1) is 0 Å². The van der Waals surface area contributed by atoms with Crippen molar-refractivity contribution in [2.24, 2.45) is 5.92 Å². The summed E-state index contributed by atoms with van der Waals surface area (Å²) in [6.45, 7) is 1.83. The van der Waals surface area contributed by atoms with Crippen molar-refractivity contribution in [1.29, 1.82) is 0 Å². The first kappa shape index (κ1) is 14.9. The number of hydrogen-bond donors (Lipinski definition) is 2. The summed E-state index contributed by atoms with van der Waals surface area (Å²) < 4.78 is 0. The van der Waals surface area contributed by atoms with E-state index in [9.17, 15) is 19.8 Å². The van der Waals surface area contributed by atoms with Crippen LogP contribution in [0.25, 0.3) is 0 Å². The molecule has 1 heterocycles. The van der Waals surface area contributed by atoms with Gasteiger partial charge in [0.05, 0.1) is 5.56 Å². The predicted octanol–water partition coefficient (Wildman–Crippen LogP) is 2.56. The molecule has 22 heavy (non-hydrogen) atoms. The Labute approximate surface area is 129 Å². The Morgan fingerprint density at radius 3 is 2.64 bits per heavy atom. The summed E-state index contributed by atoms with van der Waals surface area (Å²) in [6.07, 6.45) is 4.49. The lowest BCUT2D eigenvalue weighted by Crippen LogP contribution is -2.46. The Morgan fingerprint density at radius 2 is 1.95 bits per heavy atom. The summed E-state index contributed by atoms with van der Waals surface area (Å²) in [5.74, 6) is -1.12. The van der Waals surface area contributed by atoms with E-state index < -0.39 is 12.0 Å². The Balaban J connectivity index is 1.95. The number of aryl methyl sites for hydroxylation is 1. The number of carbonyl (C=O) groups is 2. The van der Waals surface area contributed by atoms with Gasteiger partial charge < -0.3 is 15.1 Å². The second-order valence-corrected chi connectivity index (χ2v) is 6.43. The van der Waals surface area contributed by atoms with Crippen LogP contribution in [0.15, 0.2) is 18.2 Å². The van der Waals surface area contributed by atoms with Crippen molar-refractivity contribution in [3.05, 3.63) is 29.3 Å². The molecule has 118 valence electrons. The van der Waals surface area contributed by atoms with Crippen LogP contribution in [-0.4, -0.2) is 39.1 Å². The van der Waals surface area contributed by atoms with Crippen LogP contribution in [-0.2, 0) is 4.79 Å². The highest BCUT2D eigenvalue weighted by Gasteiger charge is 2.47. The Bertz CT molecular complexity index is 613. The topological polar surface area (TPSA) is 77.8 Å². The van der Waals surface area contributed by atoms with Gasteiger partial charge in [-0.3, -0.25) is 4.79 Å². The van der Waals surface area contributed by atoms with Crippen LogP contribution < -0.4 is 0 Å². The highest BCUT2D eigenvalue weighted by molar-refractivity contribution is 5.99. The molecule has 1 saturated heterocycles. The van der Waals surface area contributed by atoms with Gasteiger partial charge in [-0.2, -0.15) is 0 Å². The molecule has 3 unspecified atom stereocenters. The molecule has 0 bridgehead atoms. The highest BCUT2D eigenvalue weighted by Crippen LogP contribution is 2.41. The number of aliphatic carboxylic acids is 1. The maximum Gasteiger partial charge on any atom is 0.326 e. The molecule has 1 aliphatic carbocycles. The van der Waals surface area contributed by atoms with Crippen LogP contribution in [0.4, 0.5) is 0 Å². The van der Waals surface area contributed by atoms with E-state index in [2.05, 4.69) is 0 Å². The fourth-order valence-corrected chi connectivity index (χ4v) is 3.93. The number of aromatic hydroxyl groups is 1. The van der Waals surface area contributed by atoms with Gasteiger partial charge in [-0.05, 0) is 49.8 Å². The van der Waals surface area contributed by atoms with Gasteiger partial charge in [0.25, 0.3) is 5.91 Å². The van der Waals surface area contributed by atoms with Crippen molar-refractivity contribution in [2.45, 2.75) is 51.1 Å². The second kappa shape index (κ2) is 5.63. The molecule has 1 saturated carbocycles. The number of rotatable bonds is 2. The lowest BCUT2D eigenvalue weighted by Gasteiger charge is -2.33. The number of amides is 1. The van der Waals surface area contributed by atoms with Crippen molar-refractivity contribution < 1.29 is 19.8 Å². The number of likely N-dealkylation sites (tertiary alicyclic amines) is 1. The average Bonchev–Trinajstić information content (AvgIpc) is 2.86. The van der Waals surface area contributed by atoms with E-state index in [-0.39, 0.29) is 29.2 Å². The summed E-state index contributed by atoms with van der Waals surface area (Å²) >= 11 is 0. The number of carboxylic acids is 1. The molecular weight excluding hydrogens is 282 g/mol. The molecule has 0 aromatic heterocycles. The number of fused-ring (bicyclic) bond motifs is 1. The third kappa shape index (κ3) is 2.45. The normalized spacial score (nSPS) is 27.5. The minimum absolute atomic E-state index is 0.0111. The fourth-order valence-electron chi connectivity index (χ4n) is 3.93. The third-order valence-electron chi connectivity index (χ3n) is 4.99. The first-order valence-corrected chi connectivity index (χ1v) is 7.84. The fraction of sp³-hybridized carbons (Fsp3) is 0.529. The largest absolute Gasteiger partial charge is 0.507 e. The van der Waals surface area contributed by atoms with Gasteiger partial charge in [-0.1, -0.05) is 18.9 Å². The van der Waals surface area contributed by atoms with Gasteiger partial charge in [0, 0.05) is 6.04 Å². The van der Waals surface area contributed by atoms with Gasteiger partial charge in [0.15, 0.2) is 0 Å². The van der Waals surface area contributed by atoms with Crippen molar-refractivity contribution in [3.8, 4) is 5.75 Å². The van der Waals surface area contributed by atoms with Gasteiger partial charge in [-0.25, -0.2) is 4.79 Å². The first-order valence-electron chi connectivity index (χ1n) is 7.84. The van der Waals surface area contributed by atoms with Gasteiger partial charge >= 0.3 is 5.97 Å². The molecule has 1 aromatic carbocycles. The zero-order valence-electron chi connectivity index (χ0n) is 12.7. The van der Waals surface area contributed by atoms with Crippen LogP contribution in [0.5, 0.6) is 5.75 Å². The summed E-state index contributed by atoms with van der Waals surface area (Å²) in [4.78, 5) is 25.9. The molecule has 0 radical (unpaired) electrons. The van der Waals surface area contributed by atoms with Crippen molar-refractivity contribution >= 4 is 11.9 Å². The molecule has 3 rings (SSSR count). The van der Waals surface area contributed by atoms with Crippen LogP contribution >= 0.6 is 0 Å². The highest BCUT2D eigenvalue weighted by atomic mass is 16.4. The summed E-state index contributed by atoms with van der Waals surface area (Å²) in [7, 11) is 0. The Morgan fingerprint density at radius 1 is 1.23 bits per heavy atom. The van der Waals surface area contributed by atoms with E-state index >= 15 is 0 Å². The summed E-state index contributed by atoms with van der Waals surface area (Å²) in [5.41, 5.74) is 1.06. The maximum absolute atomic E-state index is 12.9. The first-order chi connectivity index (χ1) is 10.5. The van der Waals surface area contributed by atoms with Crippen LogP contribution in [0, 0.1) is 12.8 Å². The molecule has 1 aromatic rings. The van der Waals surface area contributed by atoms with E-state index in [1.165, 1.54) is 11.0 Å². The second-order valence-electron chi connectivity index (χ2n) is 6.43. The molecule has 0 spiro atoms. The van der Waals surface area contributed by atoms with E-state index in [0.717, 1.165) is 31.2 Å². The van der Waals surface area contributed by atoms with Crippen molar-refractivity contribution in [1.82, 2.24) is 4.90 Å². The molecule has 3 atom stereocenters. The molecule has 5 heteroatoms. The van der Waals surface area contributed by atoms with Gasteiger partial charge in [0.2, 0.25) is 0 Å². The van der Waals surface area contributed by atoms with Crippen molar-refractivity contribution in [2.75, 3.05) is 0 Å². The van der Waals surface area contributed by atoms with Crippen LogP contribution in [0.3, 0.4) is 0 Å². The van der Waals surface area contributed by atoms with Gasteiger partial charge in [0.1, 0.15) is 11.8 Å². The molecule has 2 aliphatic rings.